The fraction of sp³-hybridized carbons (Fsp3) is 0.125. The Morgan fingerprint density at radius 3 is 2.69 bits per heavy atom. The lowest BCUT2D eigenvalue weighted by atomic mass is 10.1. The van der Waals surface area contributed by atoms with E-state index in [0.29, 0.717) is 0 Å². The van der Waals surface area contributed by atoms with Crippen molar-refractivity contribution in [3.05, 3.63) is 23.8 Å². The minimum atomic E-state index is -0.935. The molecule has 13 heavy (non-hydrogen) atoms. The Morgan fingerprint density at radius 2 is 2.23 bits per heavy atom. The monoisotopic (exact) mass is 184 g/mol. The van der Waals surface area contributed by atoms with E-state index in [1.165, 1.54) is 18.2 Å². The molecule has 0 aliphatic heterocycles. The molecule has 0 fully saturated rings. The van der Waals surface area contributed by atoms with Gasteiger partial charge in [-0.15, -0.1) is 0 Å². The predicted molar refractivity (Wildman–Crippen MR) is 46.0 cm³/mol. The fourth-order valence-electron chi connectivity index (χ4n) is 0.918. The summed E-state index contributed by atoms with van der Waals surface area (Å²) in [5.74, 6) is -0.353. The molecule has 0 aliphatic rings. The number of alkyl halides is 1. The van der Waals surface area contributed by atoms with Gasteiger partial charge in [0.05, 0.1) is 5.56 Å². The number of halogens is 1. The lowest BCUT2D eigenvalue weighted by Crippen LogP contribution is -2.13. The second kappa shape index (κ2) is 3.75. The smallest absolute Gasteiger partial charge is 0.250 e. The summed E-state index contributed by atoms with van der Waals surface area (Å²) in [6.07, 6.45) is 0. The molecule has 4 N–H and O–H groups in total. The molecule has 0 bridgehead atoms. The van der Waals surface area contributed by atoms with Crippen molar-refractivity contribution in [2.45, 2.75) is 0 Å². The van der Waals surface area contributed by atoms with Crippen LogP contribution in [0.4, 0.5) is 10.1 Å². The Labute approximate surface area is 74.3 Å². The average Bonchev–Trinajstić information content (AvgIpc) is 2.04. The Bertz CT molecular complexity index is 328. The number of carbonyl (C=O) groups is 1. The zero-order valence-corrected chi connectivity index (χ0v) is 6.79. The number of ether oxygens (including phenoxy) is 1. The molecule has 1 aromatic carbocycles. The number of primary amides is 1. The van der Waals surface area contributed by atoms with Gasteiger partial charge in [-0.05, 0) is 12.1 Å². The first-order valence-electron chi connectivity index (χ1n) is 3.53. The number of amides is 1. The minimum absolute atomic E-state index is 0.179. The number of rotatable bonds is 3. The summed E-state index contributed by atoms with van der Waals surface area (Å²) in [6, 6.07) is 4.17. The molecular formula is C8H9FN2O2. The number of benzene rings is 1. The lowest BCUT2D eigenvalue weighted by molar-refractivity contribution is 0.100. The summed E-state index contributed by atoms with van der Waals surface area (Å²) in [4.78, 5) is 10.7. The van der Waals surface area contributed by atoms with Crippen LogP contribution in [0.3, 0.4) is 0 Å². The van der Waals surface area contributed by atoms with Crippen LogP contribution in [0.1, 0.15) is 10.4 Å². The van der Waals surface area contributed by atoms with Gasteiger partial charge in [0.25, 0.3) is 5.91 Å². The van der Waals surface area contributed by atoms with Gasteiger partial charge < -0.3 is 16.2 Å². The zero-order valence-electron chi connectivity index (χ0n) is 6.79. The first kappa shape index (κ1) is 9.31. The molecule has 0 aliphatic carbocycles. The van der Waals surface area contributed by atoms with Crippen LogP contribution in [0, 0.1) is 0 Å². The van der Waals surface area contributed by atoms with Crippen molar-refractivity contribution in [2.24, 2.45) is 5.73 Å². The van der Waals surface area contributed by atoms with Crippen molar-refractivity contribution < 1.29 is 13.9 Å². The van der Waals surface area contributed by atoms with E-state index in [1.807, 2.05) is 0 Å². The Hall–Kier alpha value is -1.78. The molecule has 4 nitrogen and oxygen atoms in total. The van der Waals surface area contributed by atoms with Crippen LogP contribution in [-0.4, -0.2) is 12.8 Å². The first-order chi connectivity index (χ1) is 6.15. The molecule has 1 aromatic rings. The van der Waals surface area contributed by atoms with Crippen LogP contribution < -0.4 is 16.2 Å². The summed E-state index contributed by atoms with van der Waals surface area (Å²) in [6.45, 7) is -0.935. The van der Waals surface area contributed by atoms with Gasteiger partial charge in [-0.25, -0.2) is 4.39 Å². The summed E-state index contributed by atoms with van der Waals surface area (Å²) in [7, 11) is 0. The van der Waals surface area contributed by atoms with Gasteiger partial charge in [-0.2, -0.15) is 0 Å². The standard InChI is InChI=1S/C8H9FN2O2/c9-4-13-5-1-2-6(8(11)12)7(10)3-5/h1-3H,4,10H2,(H2,11,12). The summed E-state index contributed by atoms with van der Waals surface area (Å²) >= 11 is 0. The van der Waals surface area contributed by atoms with E-state index >= 15 is 0 Å². The Balaban J connectivity index is 2.98. The van der Waals surface area contributed by atoms with E-state index in [4.69, 9.17) is 11.5 Å². The molecule has 5 heteroatoms. The third-order valence-corrected chi connectivity index (χ3v) is 1.51. The first-order valence-corrected chi connectivity index (χ1v) is 3.53. The molecule has 0 atom stereocenters. The number of nitrogens with two attached hydrogens (primary N) is 2. The van der Waals surface area contributed by atoms with E-state index < -0.39 is 12.8 Å². The largest absolute Gasteiger partial charge is 0.463 e. The van der Waals surface area contributed by atoms with E-state index in [9.17, 15) is 9.18 Å². The molecule has 0 heterocycles. The molecule has 1 amide bonds. The maximum absolute atomic E-state index is 11.7. The van der Waals surface area contributed by atoms with Gasteiger partial charge >= 0.3 is 0 Å². The van der Waals surface area contributed by atoms with E-state index in [-0.39, 0.29) is 17.0 Å². The summed E-state index contributed by atoms with van der Waals surface area (Å²) in [5.41, 5.74) is 10.8. The quantitative estimate of drug-likeness (QED) is 0.678. The van der Waals surface area contributed by atoms with E-state index in [0.717, 1.165) is 0 Å². The van der Waals surface area contributed by atoms with Crippen LogP contribution in [-0.2, 0) is 0 Å². The van der Waals surface area contributed by atoms with Crippen LogP contribution >= 0.6 is 0 Å². The molecule has 0 unspecified atom stereocenters. The predicted octanol–water partition coefficient (Wildman–Crippen LogP) is 0.674. The van der Waals surface area contributed by atoms with E-state index in [2.05, 4.69) is 4.74 Å². The summed E-state index contributed by atoms with van der Waals surface area (Å²) in [5, 5.41) is 0. The number of nitrogen functional groups attached to an aromatic ring is 1. The third-order valence-electron chi connectivity index (χ3n) is 1.51. The van der Waals surface area contributed by atoms with Crippen LogP contribution in [0.2, 0.25) is 0 Å². The van der Waals surface area contributed by atoms with Crippen LogP contribution in [0.5, 0.6) is 5.75 Å². The molecule has 0 aromatic heterocycles. The number of anilines is 1. The number of carbonyl (C=O) groups excluding carboxylic acids is 1. The molecule has 70 valence electrons. The fourth-order valence-corrected chi connectivity index (χ4v) is 0.918. The Morgan fingerprint density at radius 1 is 1.54 bits per heavy atom. The average molecular weight is 184 g/mol. The van der Waals surface area contributed by atoms with Crippen LogP contribution in [0.15, 0.2) is 18.2 Å². The van der Waals surface area contributed by atoms with E-state index in [1.54, 1.807) is 0 Å². The molecule has 0 saturated carbocycles. The molecular weight excluding hydrogens is 175 g/mol. The number of hydrogen-bond donors (Lipinski definition) is 2. The van der Waals surface area contributed by atoms with Gasteiger partial charge in [-0.1, -0.05) is 0 Å². The molecule has 0 spiro atoms. The number of hydrogen-bond acceptors (Lipinski definition) is 3. The highest BCUT2D eigenvalue weighted by Gasteiger charge is 2.06. The van der Waals surface area contributed by atoms with Crippen molar-refractivity contribution >= 4 is 11.6 Å². The van der Waals surface area contributed by atoms with Crippen molar-refractivity contribution in [2.75, 3.05) is 12.6 Å². The van der Waals surface area contributed by atoms with Gasteiger partial charge in [-0.3, -0.25) is 4.79 Å². The SMILES string of the molecule is NC(=O)c1ccc(OCF)cc1N. The lowest BCUT2D eigenvalue weighted by Gasteiger charge is -2.04. The maximum Gasteiger partial charge on any atom is 0.250 e. The highest BCUT2D eigenvalue weighted by molar-refractivity contribution is 5.98. The highest BCUT2D eigenvalue weighted by Crippen LogP contribution is 2.19. The maximum atomic E-state index is 11.7. The van der Waals surface area contributed by atoms with Gasteiger partial charge in [0, 0.05) is 11.8 Å². The van der Waals surface area contributed by atoms with Crippen molar-refractivity contribution in [3.8, 4) is 5.75 Å². The molecule has 0 radical (unpaired) electrons. The van der Waals surface area contributed by atoms with Gasteiger partial charge in [0.15, 0.2) is 0 Å². The topological polar surface area (TPSA) is 78.3 Å². The second-order valence-electron chi connectivity index (χ2n) is 2.37. The summed E-state index contributed by atoms with van der Waals surface area (Å²) < 4.78 is 16.2. The van der Waals surface area contributed by atoms with Gasteiger partial charge in [0.1, 0.15) is 5.75 Å². The Kier molecular flexibility index (Phi) is 2.69. The normalized spacial score (nSPS) is 9.62. The van der Waals surface area contributed by atoms with Gasteiger partial charge in [0.2, 0.25) is 6.86 Å². The minimum Gasteiger partial charge on any atom is -0.463 e. The third kappa shape index (κ3) is 2.08. The molecule has 0 saturated heterocycles. The van der Waals surface area contributed by atoms with Crippen LogP contribution in [0.25, 0.3) is 0 Å². The van der Waals surface area contributed by atoms with Crippen molar-refractivity contribution in [1.29, 1.82) is 0 Å². The second-order valence-corrected chi connectivity index (χ2v) is 2.37. The van der Waals surface area contributed by atoms with Crippen molar-refractivity contribution in [1.82, 2.24) is 0 Å². The van der Waals surface area contributed by atoms with Crippen molar-refractivity contribution in [3.63, 3.8) is 0 Å². The highest BCUT2D eigenvalue weighted by atomic mass is 19.1. The zero-order chi connectivity index (χ0) is 9.84. The molecule has 1 rings (SSSR count).